The maximum atomic E-state index is 9.19. The minimum atomic E-state index is -0.522. The van der Waals surface area contributed by atoms with Crippen LogP contribution in [0.2, 0.25) is 0 Å². The molecular weight excluding hydrogens is 132 g/mol. The summed E-state index contributed by atoms with van der Waals surface area (Å²) >= 11 is 0. The highest BCUT2D eigenvalue weighted by atomic mass is 16.5. The van der Waals surface area contributed by atoms with Crippen molar-refractivity contribution in [3.05, 3.63) is 0 Å². The largest absolute Gasteiger partial charge is 0.389 e. The van der Waals surface area contributed by atoms with Gasteiger partial charge in [0.05, 0.1) is 12.7 Å². The van der Waals surface area contributed by atoms with E-state index in [1.54, 1.807) is 0 Å². The molecule has 10 heavy (non-hydrogen) atoms. The lowest BCUT2D eigenvalue weighted by atomic mass is 10.1. The summed E-state index contributed by atoms with van der Waals surface area (Å²) < 4.78 is 5.06. The van der Waals surface area contributed by atoms with Crippen molar-refractivity contribution in [1.29, 1.82) is 0 Å². The van der Waals surface area contributed by atoms with Crippen LogP contribution in [0.3, 0.4) is 0 Å². The second-order valence-corrected chi connectivity index (χ2v) is 2.59. The molecule has 0 aliphatic carbocycles. The smallest absolute Gasteiger partial charge is 0.131 e. The number of rotatable bonds is 1. The summed E-state index contributed by atoms with van der Waals surface area (Å²) in [5, 5.41) is 12.2. The molecule has 4 nitrogen and oxygen atoms in total. The van der Waals surface area contributed by atoms with Crippen LogP contribution in [-0.4, -0.2) is 37.1 Å². The van der Waals surface area contributed by atoms with E-state index in [-0.39, 0.29) is 6.04 Å². The number of hydrogen-bond acceptors (Lipinski definition) is 4. The molecule has 1 saturated heterocycles. The average molecular weight is 146 g/mol. The van der Waals surface area contributed by atoms with Gasteiger partial charge in [-0.05, 0) is 13.5 Å². The van der Waals surface area contributed by atoms with E-state index in [0.717, 1.165) is 0 Å². The third kappa shape index (κ3) is 1.67. The van der Waals surface area contributed by atoms with E-state index in [1.807, 2.05) is 7.05 Å². The molecule has 0 aromatic carbocycles. The minimum absolute atomic E-state index is 0.245. The van der Waals surface area contributed by atoms with Crippen LogP contribution in [0.15, 0.2) is 0 Å². The van der Waals surface area contributed by atoms with Crippen LogP contribution >= 0.6 is 0 Å². The van der Waals surface area contributed by atoms with Crippen LogP contribution in [-0.2, 0) is 4.74 Å². The van der Waals surface area contributed by atoms with Crippen LogP contribution in [0.5, 0.6) is 0 Å². The fourth-order valence-electron chi connectivity index (χ4n) is 1.03. The van der Waals surface area contributed by atoms with E-state index in [0.29, 0.717) is 13.0 Å². The molecule has 0 aromatic heterocycles. The lowest BCUT2D eigenvalue weighted by Crippen LogP contribution is -2.49. The van der Waals surface area contributed by atoms with Gasteiger partial charge in [0, 0.05) is 6.04 Å². The topological polar surface area (TPSA) is 67.5 Å². The van der Waals surface area contributed by atoms with Crippen LogP contribution in [0.1, 0.15) is 6.42 Å². The summed E-state index contributed by atoms with van der Waals surface area (Å²) in [5.41, 5.74) is 5.40. The second kappa shape index (κ2) is 3.30. The summed E-state index contributed by atoms with van der Waals surface area (Å²) in [6, 6.07) is 0.245. The van der Waals surface area contributed by atoms with Gasteiger partial charge in [0.2, 0.25) is 0 Å². The zero-order chi connectivity index (χ0) is 7.56. The van der Waals surface area contributed by atoms with Crippen LogP contribution in [0.4, 0.5) is 0 Å². The number of aliphatic hydroxyl groups is 1. The predicted octanol–water partition coefficient (Wildman–Crippen LogP) is -1.36. The van der Waals surface area contributed by atoms with Crippen molar-refractivity contribution < 1.29 is 9.84 Å². The number of likely N-dealkylation sites (N-methyl/N-ethyl adjacent to an activating group) is 1. The van der Waals surface area contributed by atoms with E-state index in [4.69, 9.17) is 10.5 Å². The number of nitrogens with one attached hydrogen (secondary N) is 1. The predicted molar refractivity (Wildman–Crippen MR) is 37.4 cm³/mol. The molecular formula is C6H14N2O2. The molecule has 1 aliphatic rings. The summed E-state index contributed by atoms with van der Waals surface area (Å²) in [7, 11) is 1.84. The van der Waals surface area contributed by atoms with Crippen molar-refractivity contribution in [2.75, 3.05) is 13.7 Å². The van der Waals surface area contributed by atoms with Crippen molar-refractivity contribution in [2.45, 2.75) is 24.8 Å². The SMILES string of the molecule is CNC1COC(N)C(O)C1. The van der Waals surface area contributed by atoms with Crippen LogP contribution < -0.4 is 11.1 Å². The molecule has 1 fully saturated rings. The van der Waals surface area contributed by atoms with E-state index in [9.17, 15) is 5.11 Å². The summed E-state index contributed by atoms with van der Waals surface area (Å²) in [6.07, 6.45) is -0.340. The van der Waals surface area contributed by atoms with Gasteiger partial charge in [-0.15, -0.1) is 0 Å². The molecule has 0 spiro atoms. The van der Waals surface area contributed by atoms with Gasteiger partial charge in [-0.3, -0.25) is 0 Å². The first-order chi connectivity index (χ1) is 4.74. The number of aliphatic hydroxyl groups excluding tert-OH is 1. The normalized spacial score (nSPS) is 41.7. The standard InChI is InChI=1S/C6H14N2O2/c1-8-4-2-5(9)6(7)10-3-4/h4-6,8-9H,2-3,7H2,1H3. The van der Waals surface area contributed by atoms with Gasteiger partial charge in [-0.25, -0.2) is 0 Å². The minimum Gasteiger partial charge on any atom is -0.389 e. The Labute approximate surface area is 60.4 Å². The van der Waals surface area contributed by atoms with Crippen molar-refractivity contribution in [3.63, 3.8) is 0 Å². The highest BCUT2D eigenvalue weighted by Crippen LogP contribution is 2.09. The molecule has 4 N–H and O–H groups in total. The summed E-state index contributed by atoms with van der Waals surface area (Å²) in [5.74, 6) is 0. The molecule has 4 heteroatoms. The zero-order valence-corrected chi connectivity index (χ0v) is 6.08. The molecule has 1 heterocycles. The van der Waals surface area contributed by atoms with Gasteiger partial charge in [-0.1, -0.05) is 0 Å². The molecule has 0 radical (unpaired) electrons. The van der Waals surface area contributed by atoms with E-state index in [1.165, 1.54) is 0 Å². The van der Waals surface area contributed by atoms with Gasteiger partial charge in [0.1, 0.15) is 6.23 Å². The molecule has 3 unspecified atom stereocenters. The molecule has 1 rings (SSSR count). The Kier molecular flexibility index (Phi) is 2.62. The third-order valence-corrected chi connectivity index (χ3v) is 1.80. The molecule has 0 bridgehead atoms. The van der Waals surface area contributed by atoms with Gasteiger partial charge >= 0.3 is 0 Å². The van der Waals surface area contributed by atoms with Crippen molar-refractivity contribution in [3.8, 4) is 0 Å². The Balaban J connectivity index is 2.33. The van der Waals surface area contributed by atoms with Crippen molar-refractivity contribution in [2.24, 2.45) is 5.73 Å². The molecule has 3 atom stereocenters. The van der Waals surface area contributed by atoms with Gasteiger partial charge in [0.15, 0.2) is 0 Å². The first kappa shape index (κ1) is 7.94. The van der Waals surface area contributed by atoms with Crippen molar-refractivity contribution >= 4 is 0 Å². The lowest BCUT2D eigenvalue weighted by molar-refractivity contribution is -0.0825. The molecule has 60 valence electrons. The fraction of sp³-hybridized carbons (Fsp3) is 1.00. The lowest BCUT2D eigenvalue weighted by Gasteiger charge is -2.30. The quantitative estimate of drug-likeness (QED) is 0.427. The fourth-order valence-corrected chi connectivity index (χ4v) is 1.03. The van der Waals surface area contributed by atoms with Gasteiger partial charge in [0.25, 0.3) is 0 Å². The summed E-state index contributed by atoms with van der Waals surface area (Å²) in [6.45, 7) is 0.592. The Hall–Kier alpha value is -0.160. The Morgan fingerprint density at radius 2 is 2.40 bits per heavy atom. The molecule has 0 aromatic rings. The second-order valence-electron chi connectivity index (χ2n) is 2.59. The average Bonchev–Trinajstić information content (AvgIpc) is 1.95. The molecule has 0 saturated carbocycles. The van der Waals surface area contributed by atoms with Crippen LogP contribution in [0, 0.1) is 0 Å². The first-order valence-corrected chi connectivity index (χ1v) is 3.46. The Bertz CT molecular complexity index is 110. The zero-order valence-electron chi connectivity index (χ0n) is 6.08. The molecule has 1 aliphatic heterocycles. The van der Waals surface area contributed by atoms with Crippen molar-refractivity contribution in [1.82, 2.24) is 5.32 Å². The highest BCUT2D eigenvalue weighted by Gasteiger charge is 2.25. The Morgan fingerprint density at radius 3 is 2.90 bits per heavy atom. The Morgan fingerprint density at radius 1 is 1.70 bits per heavy atom. The summed E-state index contributed by atoms with van der Waals surface area (Å²) in [4.78, 5) is 0. The van der Waals surface area contributed by atoms with Gasteiger partial charge < -0.3 is 20.9 Å². The number of hydrogen-bond donors (Lipinski definition) is 3. The molecule has 0 amide bonds. The van der Waals surface area contributed by atoms with Crippen LogP contribution in [0.25, 0.3) is 0 Å². The number of ether oxygens (including phenoxy) is 1. The van der Waals surface area contributed by atoms with E-state index in [2.05, 4.69) is 5.32 Å². The van der Waals surface area contributed by atoms with E-state index >= 15 is 0 Å². The third-order valence-electron chi connectivity index (χ3n) is 1.80. The number of nitrogens with two attached hydrogens (primary N) is 1. The highest BCUT2D eigenvalue weighted by molar-refractivity contribution is 4.77. The maximum absolute atomic E-state index is 9.19. The van der Waals surface area contributed by atoms with E-state index < -0.39 is 12.3 Å². The monoisotopic (exact) mass is 146 g/mol. The first-order valence-electron chi connectivity index (χ1n) is 3.46. The van der Waals surface area contributed by atoms with Gasteiger partial charge in [-0.2, -0.15) is 0 Å². The maximum Gasteiger partial charge on any atom is 0.131 e.